The molecule has 0 unspecified atom stereocenters. The van der Waals surface area contributed by atoms with Gasteiger partial charge < -0.3 is 31.5 Å². The molecule has 6 aromatic carbocycles. The van der Waals surface area contributed by atoms with Crippen LogP contribution in [0.1, 0.15) is 20.7 Å². The number of fused-ring (bicyclic) bond motifs is 2. The van der Waals surface area contributed by atoms with Crippen LogP contribution in [0.15, 0.2) is 117 Å². The van der Waals surface area contributed by atoms with Gasteiger partial charge in [0.05, 0.1) is 21.2 Å². The van der Waals surface area contributed by atoms with E-state index < -0.39 is 101 Å². The zero-order chi connectivity index (χ0) is 44.1. The van der Waals surface area contributed by atoms with Crippen LogP contribution < -0.4 is 21.3 Å². The van der Waals surface area contributed by atoms with Crippen molar-refractivity contribution in [2.75, 3.05) is 21.3 Å². The van der Waals surface area contributed by atoms with Crippen LogP contribution in [-0.2, 0) is 40.5 Å². The maximum atomic E-state index is 13.2. The highest BCUT2D eigenvalue weighted by atomic mass is 32.2. The minimum Gasteiger partial charge on any atom is -0.507 e. The summed E-state index contributed by atoms with van der Waals surface area (Å²) in [6.45, 7) is 0. The molecular formula is C35H26N4O17S4. The second kappa shape index (κ2) is 15.5. The molecule has 0 bridgehead atoms. The fraction of sp³-hybridized carbons (Fsp3) is 0. The third kappa shape index (κ3) is 9.43. The van der Waals surface area contributed by atoms with Crippen molar-refractivity contribution in [3.05, 3.63) is 108 Å². The molecule has 10 N–H and O–H groups in total. The molecule has 6 rings (SSSR count). The Hall–Kier alpha value is -6.71. The summed E-state index contributed by atoms with van der Waals surface area (Å²) in [5.41, 5.74) is -1.37. The third-order valence-corrected chi connectivity index (χ3v) is 11.9. The number of hydrogen-bond donors (Lipinski definition) is 10. The number of anilines is 4. The molecule has 60 heavy (non-hydrogen) atoms. The highest BCUT2D eigenvalue weighted by Gasteiger charge is 2.24. The maximum absolute atomic E-state index is 13.2. The highest BCUT2D eigenvalue weighted by molar-refractivity contribution is 7.86. The number of carbonyl (C=O) groups is 3. The van der Waals surface area contributed by atoms with Gasteiger partial charge in [-0.3, -0.25) is 27.8 Å². The molecule has 0 heterocycles. The summed E-state index contributed by atoms with van der Waals surface area (Å²) in [6.07, 6.45) is 0. The van der Waals surface area contributed by atoms with Crippen LogP contribution in [0, 0.1) is 0 Å². The van der Waals surface area contributed by atoms with E-state index in [9.17, 15) is 76.5 Å². The Bertz CT molecular complexity index is 3080. The van der Waals surface area contributed by atoms with Crippen molar-refractivity contribution in [2.24, 2.45) is 0 Å². The van der Waals surface area contributed by atoms with E-state index in [1.165, 1.54) is 48.5 Å². The van der Waals surface area contributed by atoms with Crippen molar-refractivity contribution in [3.8, 4) is 11.5 Å². The summed E-state index contributed by atoms with van der Waals surface area (Å²) in [6, 6.07) is 15.8. The van der Waals surface area contributed by atoms with Gasteiger partial charge in [-0.15, -0.1) is 0 Å². The number of amides is 4. The first-order chi connectivity index (χ1) is 27.8. The Morgan fingerprint density at radius 3 is 1.13 bits per heavy atom. The zero-order valence-corrected chi connectivity index (χ0v) is 32.8. The molecule has 21 nitrogen and oxygen atoms in total. The van der Waals surface area contributed by atoms with E-state index in [0.29, 0.717) is 12.1 Å². The summed E-state index contributed by atoms with van der Waals surface area (Å²) >= 11 is 0. The molecule has 0 aliphatic carbocycles. The van der Waals surface area contributed by atoms with Crippen molar-refractivity contribution in [3.63, 3.8) is 0 Å². The van der Waals surface area contributed by atoms with Crippen molar-refractivity contribution in [1.82, 2.24) is 0 Å². The maximum Gasteiger partial charge on any atom is 0.323 e. The quantitative estimate of drug-likeness (QED) is 0.0843. The summed E-state index contributed by atoms with van der Waals surface area (Å²) in [4.78, 5) is 36.1. The molecule has 0 fully saturated rings. The first-order valence-corrected chi connectivity index (χ1v) is 22.0. The van der Waals surface area contributed by atoms with Crippen LogP contribution in [0.3, 0.4) is 0 Å². The fourth-order valence-corrected chi connectivity index (χ4v) is 8.17. The number of urea groups is 1. The van der Waals surface area contributed by atoms with Crippen LogP contribution in [-0.4, -0.2) is 79.9 Å². The van der Waals surface area contributed by atoms with E-state index >= 15 is 0 Å². The van der Waals surface area contributed by atoms with E-state index in [1.807, 2.05) is 0 Å². The van der Waals surface area contributed by atoms with Crippen molar-refractivity contribution in [2.45, 2.75) is 19.6 Å². The van der Waals surface area contributed by atoms with Crippen LogP contribution in [0.2, 0.25) is 0 Å². The second-order valence-electron chi connectivity index (χ2n) is 12.6. The topological polar surface area (TPSA) is 357 Å². The largest absolute Gasteiger partial charge is 0.507 e. The number of benzene rings is 6. The zero-order valence-electron chi connectivity index (χ0n) is 29.5. The van der Waals surface area contributed by atoms with Crippen molar-refractivity contribution in [1.29, 1.82) is 0 Å². The van der Waals surface area contributed by atoms with Gasteiger partial charge in [0.15, 0.2) is 0 Å². The standard InChI is InChI=1S/C35H26N4O17S4/c40-29-13-23(57(45,46)47)9-19-11-31(59(51,52)53)27(15-25(19)29)38-33(42)17-3-1-5-21(7-17)36-35(44)37-22-6-2-4-18(8-22)34(43)39-28-16-26-20(12-32(28)60(54,55)56)10-24(14-30(26)41)58(48,49)50/h1-16,40-41H,(H,38,42)(H,39,43)(H2,36,37,44)(H,45,46,47)(H,48,49,50)(H,51,52,53)(H,54,55,56). The van der Waals surface area contributed by atoms with Crippen LogP contribution in [0.25, 0.3) is 21.5 Å². The molecule has 0 aromatic heterocycles. The SMILES string of the molecule is O=C(Nc1cccc(C(=O)Nc2cc3c(O)cc(S(=O)(=O)O)cc3cc2S(=O)(=O)O)c1)Nc1cccc(C(=O)Nc2cc3c(O)cc(S(=O)(=O)O)cc3cc2S(=O)(=O)O)c1. The van der Waals surface area contributed by atoms with Crippen molar-refractivity contribution >= 4 is 103 Å². The van der Waals surface area contributed by atoms with E-state index in [1.54, 1.807) is 0 Å². The minimum absolute atomic E-state index is 0.0129. The lowest BCUT2D eigenvalue weighted by atomic mass is 10.1. The average molecular weight is 903 g/mol. The first-order valence-electron chi connectivity index (χ1n) is 16.2. The number of phenolic OH excluding ortho intramolecular Hbond substituents is 2. The lowest BCUT2D eigenvalue weighted by Crippen LogP contribution is -2.21. The number of aromatic hydroxyl groups is 2. The number of hydrogen-bond acceptors (Lipinski definition) is 13. The summed E-state index contributed by atoms with van der Waals surface area (Å²) in [7, 11) is -19.8. The highest BCUT2D eigenvalue weighted by Crippen LogP contribution is 2.37. The molecule has 0 saturated heterocycles. The molecule has 0 spiro atoms. The van der Waals surface area contributed by atoms with E-state index in [4.69, 9.17) is 0 Å². The molecule has 6 aromatic rings. The van der Waals surface area contributed by atoms with Crippen molar-refractivity contribution < 1.29 is 76.5 Å². The molecule has 0 atom stereocenters. The summed E-state index contributed by atoms with van der Waals surface area (Å²) in [5, 5.41) is 29.4. The Balaban J connectivity index is 1.19. The smallest absolute Gasteiger partial charge is 0.323 e. The molecular weight excluding hydrogens is 877 g/mol. The van der Waals surface area contributed by atoms with Crippen LogP contribution in [0.5, 0.6) is 11.5 Å². The second-order valence-corrected chi connectivity index (χ2v) is 18.2. The predicted molar refractivity (Wildman–Crippen MR) is 212 cm³/mol. The van der Waals surface area contributed by atoms with Gasteiger partial charge in [-0.1, -0.05) is 12.1 Å². The summed E-state index contributed by atoms with van der Waals surface area (Å²) in [5.74, 6) is -3.39. The minimum atomic E-state index is -5.08. The predicted octanol–water partition coefficient (Wildman–Crippen LogP) is 4.54. The Morgan fingerprint density at radius 1 is 0.433 bits per heavy atom. The van der Waals surface area contributed by atoms with Gasteiger partial charge in [-0.25, -0.2) is 4.79 Å². The fourth-order valence-electron chi connectivity index (χ4n) is 5.77. The molecule has 0 radical (unpaired) electrons. The van der Waals surface area contributed by atoms with E-state index in [0.717, 1.165) is 36.4 Å². The van der Waals surface area contributed by atoms with Gasteiger partial charge in [0.25, 0.3) is 52.3 Å². The molecule has 4 amide bonds. The molecule has 0 saturated carbocycles. The molecule has 25 heteroatoms. The lowest BCUT2D eigenvalue weighted by molar-refractivity contribution is 0.101. The third-order valence-electron chi connectivity index (χ3n) is 8.42. The number of phenols is 2. The van der Waals surface area contributed by atoms with Gasteiger partial charge in [-0.2, -0.15) is 33.7 Å². The molecule has 312 valence electrons. The van der Waals surface area contributed by atoms with E-state index in [2.05, 4.69) is 21.3 Å². The molecule has 0 aliphatic rings. The van der Waals surface area contributed by atoms with Gasteiger partial charge in [-0.05, 0) is 83.6 Å². The number of rotatable bonds is 10. The average Bonchev–Trinajstić information content (AvgIpc) is 3.13. The monoisotopic (exact) mass is 902 g/mol. The van der Waals surface area contributed by atoms with Crippen LogP contribution in [0.4, 0.5) is 27.5 Å². The number of nitrogens with one attached hydrogen (secondary N) is 4. The first kappa shape index (κ1) is 42.9. The van der Waals surface area contributed by atoms with Gasteiger partial charge in [0.2, 0.25) is 0 Å². The Labute approximate surface area is 338 Å². The van der Waals surface area contributed by atoms with Gasteiger partial charge in [0, 0.05) is 45.4 Å². The Morgan fingerprint density at radius 2 is 0.800 bits per heavy atom. The number of carbonyl (C=O) groups excluding carboxylic acids is 3. The molecule has 0 aliphatic heterocycles. The summed E-state index contributed by atoms with van der Waals surface area (Å²) < 4.78 is 134. The lowest BCUT2D eigenvalue weighted by Gasteiger charge is -2.14. The van der Waals surface area contributed by atoms with Gasteiger partial charge >= 0.3 is 6.03 Å². The van der Waals surface area contributed by atoms with Crippen LogP contribution >= 0.6 is 0 Å². The normalized spacial score (nSPS) is 12.2. The Kier molecular flexibility index (Phi) is 11.1. The van der Waals surface area contributed by atoms with Gasteiger partial charge in [0.1, 0.15) is 21.3 Å². The van der Waals surface area contributed by atoms with E-state index in [-0.39, 0.29) is 44.0 Å².